The van der Waals surface area contributed by atoms with Crippen LogP contribution in [0.25, 0.3) is 4.85 Å². The van der Waals surface area contributed by atoms with Crippen molar-refractivity contribution < 1.29 is 0 Å². The fourth-order valence-electron chi connectivity index (χ4n) is 0.843. The molecule has 1 aromatic carbocycles. The molecular weight excluding hydrogens is 136 g/mol. The molecule has 0 aliphatic rings. The third kappa shape index (κ3) is 1.36. The summed E-state index contributed by atoms with van der Waals surface area (Å²) in [5, 5.41) is 8.55. The van der Waals surface area contributed by atoms with E-state index in [1.54, 1.807) is 18.2 Å². The van der Waals surface area contributed by atoms with Crippen LogP contribution in [0.5, 0.6) is 0 Å². The Morgan fingerprint density at radius 2 is 2.27 bits per heavy atom. The van der Waals surface area contributed by atoms with Crippen LogP contribution in [0.1, 0.15) is 11.1 Å². The molecule has 0 aliphatic heterocycles. The number of benzene rings is 1. The van der Waals surface area contributed by atoms with Crippen LogP contribution in [0.15, 0.2) is 18.2 Å². The van der Waals surface area contributed by atoms with Crippen LogP contribution in [0.3, 0.4) is 0 Å². The molecule has 0 fully saturated rings. The van der Waals surface area contributed by atoms with Gasteiger partial charge in [0.2, 0.25) is 0 Å². The highest BCUT2D eigenvalue weighted by molar-refractivity contribution is 5.52. The number of nitriles is 1. The second kappa shape index (κ2) is 2.86. The molecule has 1 rings (SSSR count). The first-order valence-electron chi connectivity index (χ1n) is 3.16. The van der Waals surface area contributed by atoms with Crippen LogP contribution in [0.2, 0.25) is 0 Å². The van der Waals surface area contributed by atoms with Gasteiger partial charge in [-0.3, -0.25) is 0 Å². The van der Waals surface area contributed by atoms with Gasteiger partial charge in [0, 0.05) is 0 Å². The third-order valence-electron chi connectivity index (χ3n) is 1.46. The summed E-state index contributed by atoms with van der Waals surface area (Å²) in [5.74, 6) is 0. The van der Waals surface area contributed by atoms with Crippen LogP contribution < -0.4 is 0 Å². The molecule has 0 spiro atoms. The van der Waals surface area contributed by atoms with E-state index in [0.29, 0.717) is 11.3 Å². The summed E-state index contributed by atoms with van der Waals surface area (Å²) >= 11 is 0. The van der Waals surface area contributed by atoms with E-state index in [4.69, 9.17) is 11.8 Å². The van der Waals surface area contributed by atoms with E-state index >= 15 is 0 Å². The maximum Gasteiger partial charge on any atom is 0.187 e. The van der Waals surface area contributed by atoms with Crippen molar-refractivity contribution in [3.8, 4) is 6.07 Å². The van der Waals surface area contributed by atoms with E-state index in [2.05, 4.69) is 4.85 Å². The molecule has 0 heterocycles. The van der Waals surface area contributed by atoms with E-state index in [9.17, 15) is 0 Å². The third-order valence-corrected chi connectivity index (χ3v) is 1.46. The van der Waals surface area contributed by atoms with Gasteiger partial charge in [0.05, 0.1) is 18.2 Å². The molecule has 0 bridgehead atoms. The molecule has 0 N–H and O–H groups in total. The van der Waals surface area contributed by atoms with E-state index in [1.165, 1.54) is 0 Å². The molecule has 2 heteroatoms. The lowest BCUT2D eigenvalue weighted by Gasteiger charge is -1.94. The van der Waals surface area contributed by atoms with Crippen molar-refractivity contribution >= 4 is 5.69 Å². The summed E-state index contributed by atoms with van der Waals surface area (Å²) in [6.45, 7) is 8.54. The molecule has 2 nitrogen and oxygen atoms in total. The number of hydrogen-bond donors (Lipinski definition) is 0. The van der Waals surface area contributed by atoms with Crippen molar-refractivity contribution in [2.45, 2.75) is 6.92 Å². The second-order valence-electron chi connectivity index (χ2n) is 2.22. The molecule has 52 valence electrons. The predicted molar refractivity (Wildman–Crippen MR) is 42.2 cm³/mol. The first-order valence-corrected chi connectivity index (χ1v) is 3.16. The molecule has 0 saturated heterocycles. The molecule has 1 aromatic rings. The number of aryl methyl sites for hydroxylation is 1. The Hall–Kier alpha value is -1.80. The van der Waals surface area contributed by atoms with Crippen LogP contribution in [0.4, 0.5) is 5.69 Å². The minimum Gasteiger partial charge on any atom is -0.238 e. The van der Waals surface area contributed by atoms with E-state index in [-0.39, 0.29) is 0 Å². The molecule has 11 heavy (non-hydrogen) atoms. The highest BCUT2D eigenvalue weighted by Crippen LogP contribution is 2.16. The number of nitrogens with zero attached hydrogens (tertiary/aromatic N) is 2. The van der Waals surface area contributed by atoms with Crippen LogP contribution in [-0.4, -0.2) is 0 Å². The standard InChI is InChI=1S/C9H6N2/c1-7-5-9(11-2)4-3-8(7)6-10/h3-5H,1H3. The monoisotopic (exact) mass is 142 g/mol. The lowest BCUT2D eigenvalue weighted by molar-refractivity contribution is 1.40. The smallest absolute Gasteiger partial charge is 0.187 e. The average Bonchev–Trinajstić information content (AvgIpc) is 2.04. The lowest BCUT2D eigenvalue weighted by atomic mass is 10.1. The van der Waals surface area contributed by atoms with Gasteiger partial charge in [-0.25, -0.2) is 4.85 Å². The highest BCUT2D eigenvalue weighted by Gasteiger charge is 1.96. The fraction of sp³-hybridized carbons (Fsp3) is 0.111. The van der Waals surface area contributed by atoms with Crippen LogP contribution >= 0.6 is 0 Å². The summed E-state index contributed by atoms with van der Waals surface area (Å²) < 4.78 is 0. The second-order valence-corrected chi connectivity index (χ2v) is 2.22. The van der Waals surface area contributed by atoms with Crippen molar-refractivity contribution in [3.63, 3.8) is 0 Å². The molecule has 0 amide bonds. The Labute approximate surface area is 65.5 Å². The van der Waals surface area contributed by atoms with Gasteiger partial charge >= 0.3 is 0 Å². The molecule has 0 aromatic heterocycles. The van der Waals surface area contributed by atoms with Crippen molar-refractivity contribution in [1.29, 1.82) is 5.26 Å². The van der Waals surface area contributed by atoms with E-state index < -0.39 is 0 Å². The van der Waals surface area contributed by atoms with E-state index in [1.807, 2.05) is 13.0 Å². The summed E-state index contributed by atoms with van der Waals surface area (Å²) in [6, 6.07) is 7.08. The lowest BCUT2D eigenvalue weighted by Crippen LogP contribution is -1.78. The van der Waals surface area contributed by atoms with Crippen molar-refractivity contribution in [2.75, 3.05) is 0 Å². The van der Waals surface area contributed by atoms with Crippen molar-refractivity contribution in [2.24, 2.45) is 0 Å². The van der Waals surface area contributed by atoms with Gasteiger partial charge in [-0.2, -0.15) is 5.26 Å². The van der Waals surface area contributed by atoms with Gasteiger partial charge in [-0.05, 0) is 12.5 Å². The Bertz CT molecular complexity index is 353. The first-order chi connectivity index (χ1) is 5.27. The van der Waals surface area contributed by atoms with Gasteiger partial charge in [0.25, 0.3) is 0 Å². The zero-order valence-electron chi connectivity index (χ0n) is 6.13. The summed E-state index contributed by atoms with van der Waals surface area (Å²) in [6.07, 6.45) is 0. The minimum absolute atomic E-state index is 0.585. The molecule has 0 aliphatic carbocycles. The van der Waals surface area contributed by atoms with Gasteiger partial charge in [-0.15, -0.1) is 0 Å². The minimum atomic E-state index is 0.585. The molecular formula is C9H6N2. The fourth-order valence-corrected chi connectivity index (χ4v) is 0.843. The number of hydrogen-bond acceptors (Lipinski definition) is 1. The van der Waals surface area contributed by atoms with Crippen LogP contribution in [-0.2, 0) is 0 Å². The molecule has 0 unspecified atom stereocenters. The maximum absolute atomic E-state index is 8.55. The maximum atomic E-state index is 8.55. The quantitative estimate of drug-likeness (QED) is 0.511. The van der Waals surface area contributed by atoms with Gasteiger partial charge < -0.3 is 0 Å². The SMILES string of the molecule is [C-]#[N+]c1ccc(C#N)c(C)c1. The van der Waals surface area contributed by atoms with Crippen molar-refractivity contribution in [3.05, 3.63) is 40.7 Å². The zero-order valence-corrected chi connectivity index (χ0v) is 6.13. The zero-order chi connectivity index (χ0) is 8.27. The first kappa shape index (κ1) is 7.31. The summed E-state index contributed by atoms with van der Waals surface area (Å²) in [4.78, 5) is 3.25. The molecule has 0 saturated carbocycles. The largest absolute Gasteiger partial charge is 0.238 e. The topological polar surface area (TPSA) is 28.1 Å². The van der Waals surface area contributed by atoms with Gasteiger partial charge in [-0.1, -0.05) is 18.2 Å². The Balaban J connectivity index is 3.25. The molecule has 0 radical (unpaired) electrons. The van der Waals surface area contributed by atoms with E-state index in [0.717, 1.165) is 5.56 Å². The normalized spacial score (nSPS) is 8.27. The van der Waals surface area contributed by atoms with Gasteiger partial charge in [0.15, 0.2) is 5.69 Å². The van der Waals surface area contributed by atoms with Gasteiger partial charge in [0.1, 0.15) is 0 Å². The summed E-state index contributed by atoms with van der Waals surface area (Å²) in [5.41, 5.74) is 2.08. The Morgan fingerprint density at radius 1 is 1.55 bits per heavy atom. The Kier molecular flexibility index (Phi) is 1.90. The number of rotatable bonds is 0. The molecule has 0 atom stereocenters. The Morgan fingerprint density at radius 3 is 2.73 bits per heavy atom. The average molecular weight is 142 g/mol. The van der Waals surface area contributed by atoms with Crippen molar-refractivity contribution in [1.82, 2.24) is 0 Å². The predicted octanol–water partition coefficient (Wildman–Crippen LogP) is 2.42. The summed E-state index contributed by atoms with van der Waals surface area (Å²) in [7, 11) is 0. The highest BCUT2D eigenvalue weighted by atomic mass is 14.6. The van der Waals surface area contributed by atoms with Crippen LogP contribution in [0, 0.1) is 24.8 Å².